The molecule has 0 atom stereocenters. The summed E-state index contributed by atoms with van der Waals surface area (Å²) in [5.41, 5.74) is 5.53. The van der Waals surface area contributed by atoms with Crippen LogP contribution in [0.15, 0.2) is 18.2 Å². The van der Waals surface area contributed by atoms with Crippen LogP contribution in [0.5, 0.6) is 0 Å². The predicted molar refractivity (Wildman–Crippen MR) is 79.3 cm³/mol. The smallest absolute Gasteiger partial charge is 0.399 e. The van der Waals surface area contributed by atoms with Crippen molar-refractivity contribution in [3.05, 3.63) is 29.6 Å². The van der Waals surface area contributed by atoms with Gasteiger partial charge in [-0.1, -0.05) is 12.1 Å². The molecule has 1 aromatic carbocycles. The van der Waals surface area contributed by atoms with Crippen LogP contribution >= 0.6 is 0 Å². The highest BCUT2D eigenvalue weighted by Crippen LogP contribution is 2.36. The van der Waals surface area contributed by atoms with Gasteiger partial charge in [-0.3, -0.25) is 0 Å². The molecule has 1 saturated heterocycles. The van der Waals surface area contributed by atoms with E-state index in [9.17, 15) is 4.39 Å². The maximum absolute atomic E-state index is 14.2. The first kappa shape index (κ1) is 15.5. The minimum atomic E-state index is -0.710. The lowest BCUT2D eigenvalue weighted by Gasteiger charge is -2.32. The third-order valence-corrected chi connectivity index (χ3v) is 4.21. The lowest BCUT2D eigenvalue weighted by Crippen LogP contribution is -2.41. The summed E-state index contributed by atoms with van der Waals surface area (Å²) in [5, 5.41) is 0. The van der Waals surface area contributed by atoms with Crippen molar-refractivity contribution >= 4 is 12.6 Å². The summed E-state index contributed by atoms with van der Waals surface area (Å²) < 4.78 is 26.0. The van der Waals surface area contributed by atoms with Crippen LogP contribution in [0.3, 0.4) is 0 Å². The van der Waals surface area contributed by atoms with Crippen LogP contribution in [0, 0.1) is 5.82 Å². The summed E-state index contributed by atoms with van der Waals surface area (Å²) in [6.07, 6.45) is 0. The quantitative estimate of drug-likeness (QED) is 0.845. The van der Waals surface area contributed by atoms with Gasteiger partial charge in [-0.25, -0.2) is 4.39 Å². The highest BCUT2D eigenvalue weighted by molar-refractivity contribution is 6.62. The molecule has 3 nitrogen and oxygen atoms in total. The first-order valence-electron chi connectivity index (χ1n) is 6.88. The molecular formula is C15H23BFNO2. The number of benzene rings is 1. The van der Waals surface area contributed by atoms with Crippen molar-refractivity contribution in [3.8, 4) is 0 Å². The molecule has 0 amide bonds. The molecule has 2 N–H and O–H groups in total. The van der Waals surface area contributed by atoms with E-state index < -0.39 is 23.9 Å². The summed E-state index contributed by atoms with van der Waals surface area (Å²) in [7, 11) is -0.551. The van der Waals surface area contributed by atoms with Crippen molar-refractivity contribution in [1.82, 2.24) is 0 Å². The van der Waals surface area contributed by atoms with E-state index in [2.05, 4.69) is 0 Å². The van der Waals surface area contributed by atoms with E-state index >= 15 is 0 Å². The minimum absolute atomic E-state index is 0.329. The van der Waals surface area contributed by atoms with E-state index in [0.717, 1.165) is 0 Å². The van der Waals surface area contributed by atoms with Gasteiger partial charge in [0.15, 0.2) is 0 Å². The normalized spacial score (nSPS) is 21.3. The van der Waals surface area contributed by atoms with Crippen molar-refractivity contribution in [2.45, 2.75) is 58.3 Å². The molecule has 1 aliphatic heterocycles. The van der Waals surface area contributed by atoms with Gasteiger partial charge in [-0.05, 0) is 53.1 Å². The Bertz CT molecular complexity index is 507. The molecule has 0 aromatic heterocycles. The van der Waals surface area contributed by atoms with E-state index in [1.807, 2.05) is 33.8 Å². The Kier molecular flexibility index (Phi) is 3.52. The molecule has 1 heterocycles. The number of hydrogen-bond acceptors (Lipinski definition) is 3. The van der Waals surface area contributed by atoms with Crippen molar-refractivity contribution in [3.63, 3.8) is 0 Å². The van der Waals surface area contributed by atoms with E-state index in [-0.39, 0.29) is 5.82 Å². The van der Waals surface area contributed by atoms with Crippen LogP contribution in [0.4, 0.5) is 4.39 Å². The highest BCUT2D eigenvalue weighted by atomic mass is 19.1. The topological polar surface area (TPSA) is 44.5 Å². The van der Waals surface area contributed by atoms with E-state index in [0.29, 0.717) is 11.0 Å². The minimum Gasteiger partial charge on any atom is -0.399 e. The standard InChI is InChI=1S/C15H23BFNO2/c1-13(2,18)11-8-7-10(9-12(11)17)16-19-14(3,4)15(5,6)20-16/h7-9H,18H2,1-6H3. The number of nitrogens with two attached hydrogens (primary N) is 1. The van der Waals surface area contributed by atoms with Gasteiger partial charge in [0.25, 0.3) is 0 Å². The number of rotatable bonds is 2. The van der Waals surface area contributed by atoms with Crippen molar-refractivity contribution < 1.29 is 13.7 Å². The highest BCUT2D eigenvalue weighted by Gasteiger charge is 2.51. The first-order chi connectivity index (χ1) is 8.94. The molecule has 110 valence electrons. The first-order valence-corrected chi connectivity index (χ1v) is 6.88. The van der Waals surface area contributed by atoms with E-state index in [1.165, 1.54) is 6.07 Å². The fraction of sp³-hybridized carbons (Fsp3) is 0.600. The zero-order valence-electron chi connectivity index (χ0n) is 13.1. The second-order valence-corrected chi connectivity index (χ2v) is 7.05. The molecule has 0 spiro atoms. The van der Waals surface area contributed by atoms with E-state index in [4.69, 9.17) is 15.0 Å². The molecule has 0 aliphatic carbocycles. The molecule has 5 heteroatoms. The molecular weight excluding hydrogens is 256 g/mol. The van der Waals surface area contributed by atoms with Crippen LogP contribution in [0.1, 0.15) is 47.1 Å². The maximum Gasteiger partial charge on any atom is 0.494 e. The molecule has 1 fully saturated rings. The Morgan fingerprint density at radius 1 is 1.10 bits per heavy atom. The predicted octanol–water partition coefficient (Wildman–Crippen LogP) is 2.32. The molecule has 0 radical (unpaired) electrons. The van der Waals surface area contributed by atoms with Gasteiger partial charge >= 0.3 is 7.12 Å². The average molecular weight is 279 g/mol. The largest absolute Gasteiger partial charge is 0.494 e. The molecule has 0 saturated carbocycles. The van der Waals surface area contributed by atoms with Crippen molar-refractivity contribution in [2.24, 2.45) is 5.73 Å². The van der Waals surface area contributed by atoms with Gasteiger partial charge in [0.05, 0.1) is 11.2 Å². The lowest BCUT2D eigenvalue weighted by molar-refractivity contribution is 0.00578. The zero-order chi connectivity index (χ0) is 15.3. The summed E-state index contributed by atoms with van der Waals surface area (Å²) in [6.45, 7) is 11.4. The SMILES string of the molecule is CC(C)(N)c1ccc(B2OC(C)(C)C(C)(C)O2)cc1F. The summed E-state index contributed by atoms with van der Waals surface area (Å²) >= 11 is 0. The van der Waals surface area contributed by atoms with Gasteiger partial charge in [0.1, 0.15) is 5.82 Å². The Labute approximate surface area is 120 Å². The Balaban J connectivity index is 2.31. The molecule has 1 aliphatic rings. The zero-order valence-corrected chi connectivity index (χ0v) is 13.1. The Hall–Kier alpha value is -0.905. The number of hydrogen-bond donors (Lipinski definition) is 1. The lowest BCUT2D eigenvalue weighted by atomic mass is 9.77. The second kappa shape index (κ2) is 4.55. The van der Waals surface area contributed by atoms with Gasteiger partial charge in [0.2, 0.25) is 0 Å². The van der Waals surface area contributed by atoms with Crippen molar-refractivity contribution in [1.29, 1.82) is 0 Å². The third kappa shape index (κ3) is 2.62. The average Bonchev–Trinajstić information content (AvgIpc) is 2.46. The van der Waals surface area contributed by atoms with Crippen LogP contribution < -0.4 is 11.2 Å². The number of halogens is 1. The fourth-order valence-corrected chi connectivity index (χ4v) is 2.18. The van der Waals surface area contributed by atoms with Gasteiger partial charge < -0.3 is 15.0 Å². The molecule has 0 bridgehead atoms. The van der Waals surface area contributed by atoms with Gasteiger partial charge in [-0.15, -0.1) is 0 Å². The van der Waals surface area contributed by atoms with E-state index in [1.54, 1.807) is 19.9 Å². The fourth-order valence-electron chi connectivity index (χ4n) is 2.18. The Morgan fingerprint density at radius 2 is 1.60 bits per heavy atom. The van der Waals surface area contributed by atoms with Gasteiger partial charge in [-0.2, -0.15) is 0 Å². The molecule has 0 unspecified atom stereocenters. The van der Waals surface area contributed by atoms with Crippen LogP contribution in [0.25, 0.3) is 0 Å². The summed E-state index contributed by atoms with van der Waals surface area (Å²) in [5.74, 6) is -0.329. The summed E-state index contributed by atoms with van der Waals surface area (Å²) in [6, 6.07) is 4.97. The van der Waals surface area contributed by atoms with Crippen LogP contribution in [-0.2, 0) is 14.8 Å². The molecule has 20 heavy (non-hydrogen) atoms. The third-order valence-electron chi connectivity index (χ3n) is 4.21. The summed E-state index contributed by atoms with van der Waals surface area (Å²) in [4.78, 5) is 0. The second-order valence-electron chi connectivity index (χ2n) is 7.05. The monoisotopic (exact) mass is 279 g/mol. The Morgan fingerprint density at radius 3 is 2.00 bits per heavy atom. The van der Waals surface area contributed by atoms with Crippen molar-refractivity contribution in [2.75, 3.05) is 0 Å². The maximum atomic E-state index is 14.2. The van der Waals surface area contributed by atoms with Crippen LogP contribution in [0.2, 0.25) is 0 Å². The van der Waals surface area contributed by atoms with Crippen LogP contribution in [-0.4, -0.2) is 18.3 Å². The van der Waals surface area contributed by atoms with Gasteiger partial charge in [0, 0.05) is 11.1 Å². The molecule has 1 aromatic rings. The molecule has 2 rings (SSSR count).